The number of likely N-dealkylation sites (N-methyl/N-ethyl adjacent to an activating group) is 1. The van der Waals surface area contributed by atoms with Gasteiger partial charge in [0.15, 0.2) is 0 Å². The topological polar surface area (TPSA) is 23.6 Å². The molecule has 0 aromatic carbocycles. The standard InChI is InChI=1S/C10H18N2O.H2/c1-2-11-6-7-12-9(8-11)4-3-5-10(12)13;/h9H,2-8H2,1H3;1H. The van der Waals surface area contributed by atoms with Crippen molar-refractivity contribution in [3.8, 4) is 0 Å². The summed E-state index contributed by atoms with van der Waals surface area (Å²) in [6.45, 7) is 6.44. The van der Waals surface area contributed by atoms with Crippen LogP contribution in [0.5, 0.6) is 0 Å². The van der Waals surface area contributed by atoms with Crippen molar-refractivity contribution in [2.24, 2.45) is 0 Å². The maximum Gasteiger partial charge on any atom is 0.222 e. The van der Waals surface area contributed by atoms with Crippen molar-refractivity contribution >= 4 is 5.91 Å². The third-order valence-corrected chi connectivity index (χ3v) is 3.26. The Morgan fingerprint density at radius 1 is 1.54 bits per heavy atom. The van der Waals surface area contributed by atoms with Gasteiger partial charge in [-0.15, -0.1) is 0 Å². The first-order chi connectivity index (χ1) is 6.31. The maximum atomic E-state index is 11.5. The average Bonchev–Trinajstić information content (AvgIpc) is 2.18. The number of carbonyl (C=O) groups is 1. The van der Waals surface area contributed by atoms with E-state index in [4.69, 9.17) is 0 Å². The molecule has 1 unspecified atom stereocenters. The van der Waals surface area contributed by atoms with Crippen LogP contribution in [0.3, 0.4) is 0 Å². The Morgan fingerprint density at radius 3 is 3.15 bits per heavy atom. The molecule has 2 aliphatic rings. The molecule has 0 aromatic rings. The van der Waals surface area contributed by atoms with Crippen LogP contribution in [0.25, 0.3) is 0 Å². The molecule has 2 rings (SSSR count). The molecule has 2 saturated heterocycles. The minimum atomic E-state index is 0. The molecule has 2 fully saturated rings. The molecule has 3 nitrogen and oxygen atoms in total. The molecule has 0 aliphatic carbocycles. The van der Waals surface area contributed by atoms with Crippen molar-refractivity contribution in [1.29, 1.82) is 0 Å². The van der Waals surface area contributed by atoms with Gasteiger partial charge in [0.2, 0.25) is 5.91 Å². The lowest BCUT2D eigenvalue weighted by Crippen LogP contribution is -2.56. The van der Waals surface area contributed by atoms with Crippen LogP contribution in [-0.4, -0.2) is 47.9 Å². The zero-order chi connectivity index (χ0) is 9.26. The van der Waals surface area contributed by atoms with Crippen LogP contribution in [0.1, 0.15) is 27.6 Å². The van der Waals surface area contributed by atoms with E-state index in [9.17, 15) is 4.79 Å². The zero-order valence-corrected chi connectivity index (χ0v) is 8.33. The number of piperidine rings is 1. The van der Waals surface area contributed by atoms with E-state index in [1.807, 2.05) is 0 Å². The van der Waals surface area contributed by atoms with Gasteiger partial charge in [0.25, 0.3) is 0 Å². The van der Waals surface area contributed by atoms with E-state index in [2.05, 4.69) is 16.7 Å². The molecule has 3 heteroatoms. The summed E-state index contributed by atoms with van der Waals surface area (Å²) in [6, 6.07) is 0.523. The molecule has 13 heavy (non-hydrogen) atoms. The molecule has 0 saturated carbocycles. The molecular formula is C10H20N2O. The Kier molecular flexibility index (Phi) is 2.54. The average molecular weight is 184 g/mol. The Balaban J connectivity index is 0.000000980. The fourth-order valence-electron chi connectivity index (χ4n) is 2.41. The molecule has 0 aromatic heterocycles. The van der Waals surface area contributed by atoms with Gasteiger partial charge in [-0.25, -0.2) is 0 Å². The summed E-state index contributed by atoms with van der Waals surface area (Å²) in [4.78, 5) is 16.1. The second-order valence-electron chi connectivity index (χ2n) is 4.03. The quantitative estimate of drug-likeness (QED) is 0.606. The van der Waals surface area contributed by atoms with Gasteiger partial charge in [0, 0.05) is 33.5 Å². The molecule has 2 aliphatic heterocycles. The summed E-state index contributed by atoms with van der Waals surface area (Å²) in [5, 5.41) is 0. The number of carbonyl (C=O) groups excluding carboxylic acids is 1. The Hall–Kier alpha value is -0.570. The molecular weight excluding hydrogens is 164 g/mol. The van der Waals surface area contributed by atoms with E-state index < -0.39 is 0 Å². The normalized spacial score (nSPS) is 30.4. The van der Waals surface area contributed by atoms with Gasteiger partial charge in [0.1, 0.15) is 0 Å². The van der Waals surface area contributed by atoms with Gasteiger partial charge in [-0.1, -0.05) is 6.92 Å². The van der Waals surface area contributed by atoms with Gasteiger partial charge in [-0.3, -0.25) is 9.69 Å². The number of amides is 1. The van der Waals surface area contributed by atoms with Crippen LogP contribution in [0.2, 0.25) is 0 Å². The summed E-state index contributed by atoms with van der Waals surface area (Å²) in [5.74, 6) is 0.381. The third kappa shape index (κ3) is 1.70. The summed E-state index contributed by atoms with van der Waals surface area (Å²) < 4.78 is 0. The largest absolute Gasteiger partial charge is 0.337 e. The van der Waals surface area contributed by atoms with E-state index in [1.165, 1.54) is 6.42 Å². The van der Waals surface area contributed by atoms with Gasteiger partial charge in [0.05, 0.1) is 0 Å². The van der Waals surface area contributed by atoms with Crippen LogP contribution in [0, 0.1) is 0 Å². The summed E-state index contributed by atoms with van der Waals surface area (Å²) in [6.07, 6.45) is 3.09. The number of fused-ring (bicyclic) bond motifs is 1. The molecule has 0 radical (unpaired) electrons. The number of nitrogens with zero attached hydrogens (tertiary/aromatic N) is 2. The van der Waals surface area contributed by atoms with Crippen molar-refractivity contribution in [2.45, 2.75) is 32.2 Å². The maximum absolute atomic E-state index is 11.5. The fourth-order valence-corrected chi connectivity index (χ4v) is 2.41. The van der Waals surface area contributed by atoms with Gasteiger partial charge < -0.3 is 4.90 Å². The first kappa shape index (κ1) is 9.00. The number of hydrogen-bond acceptors (Lipinski definition) is 2. The smallest absolute Gasteiger partial charge is 0.222 e. The summed E-state index contributed by atoms with van der Waals surface area (Å²) in [5.41, 5.74) is 0. The molecule has 0 spiro atoms. The first-order valence-corrected chi connectivity index (χ1v) is 5.33. The van der Waals surface area contributed by atoms with E-state index in [0.717, 1.165) is 39.0 Å². The van der Waals surface area contributed by atoms with Crippen molar-refractivity contribution in [3.05, 3.63) is 0 Å². The predicted molar refractivity (Wildman–Crippen MR) is 53.6 cm³/mol. The van der Waals surface area contributed by atoms with E-state index in [1.54, 1.807) is 0 Å². The molecule has 76 valence electrons. The highest BCUT2D eigenvalue weighted by Crippen LogP contribution is 2.21. The molecule has 0 bridgehead atoms. The van der Waals surface area contributed by atoms with Crippen LogP contribution >= 0.6 is 0 Å². The highest BCUT2D eigenvalue weighted by atomic mass is 16.2. The van der Waals surface area contributed by atoms with Crippen molar-refractivity contribution in [1.82, 2.24) is 9.80 Å². The fraction of sp³-hybridized carbons (Fsp3) is 0.900. The summed E-state index contributed by atoms with van der Waals surface area (Å²) in [7, 11) is 0. The lowest BCUT2D eigenvalue weighted by Gasteiger charge is -2.43. The van der Waals surface area contributed by atoms with Gasteiger partial charge in [-0.2, -0.15) is 0 Å². The van der Waals surface area contributed by atoms with E-state index in [-0.39, 0.29) is 1.43 Å². The second kappa shape index (κ2) is 3.66. The minimum absolute atomic E-state index is 0. The summed E-state index contributed by atoms with van der Waals surface area (Å²) >= 11 is 0. The first-order valence-electron chi connectivity index (χ1n) is 5.33. The Bertz CT molecular complexity index is 210. The van der Waals surface area contributed by atoms with Gasteiger partial charge in [-0.05, 0) is 19.4 Å². The van der Waals surface area contributed by atoms with E-state index in [0.29, 0.717) is 11.9 Å². The Morgan fingerprint density at radius 2 is 2.38 bits per heavy atom. The highest BCUT2D eigenvalue weighted by molar-refractivity contribution is 5.77. The predicted octanol–water partition coefficient (Wildman–Crippen LogP) is 0.949. The van der Waals surface area contributed by atoms with Crippen LogP contribution < -0.4 is 0 Å². The number of hydrogen-bond donors (Lipinski definition) is 0. The molecule has 1 atom stereocenters. The highest BCUT2D eigenvalue weighted by Gasteiger charge is 2.32. The van der Waals surface area contributed by atoms with Crippen molar-refractivity contribution in [3.63, 3.8) is 0 Å². The second-order valence-corrected chi connectivity index (χ2v) is 4.03. The van der Waals surface area contributed by atoms with Crippen LogP contribution in [0.4, 0.5) is 0 Å². The van der Waals surface area contributed by atoms with Crippen LogP contribution in [0.15, 0.2) is 0 Å². The number of piperazine rings is 1. The minimum Gasteiger partial charge on any atom is -0.337 e. The molecule has 1 amide bonds. The SMILES string of the molecule is CCN1CCN2C(=O)CCCC2C1.[HH]. The van der Waals surface area contributed by atoms with E-state index >= 15 is 0 Å². The molecule has 0 N–H and O–H groups in total. The van der Waals surface area contributed by atoms with Crippen molar-refractivity contribution in [2.75, 3.05) is 26.2 Å². The monoisotopic (exact) mass is 184 g/mol. The third-order valence-electron chi connectivity index (χ3n) is 3.26. The van der Waals surface area contributed by atoms with Gasteiger partial charge >= 0.3 is 0 Å². The lowest BCUT2D eigenvalue weighted by atomic mass is 9.99. The Labute approximate surface area is 81.2 Å². The van der Waals surface area contributed by atoms with Crippen molar-refractivity contribution < 1.29 is 6.22 Å². The van der Waals surface area contributed by atoms with Crippen LogP contribution in [-0.2, 0) is 4.79 Å². The zero-order valence-electron chi connectivity index (χ0n) is 8.33. The lowest BCUT2D eigenvalue weighted by molar-refractivity contribution is -0.139. The number of rotatable bonds is 1. The molecule has 2 heterocycles.